The third kappa shape index (κ3) is 4.11. The Morgan fingerprint density at radius 2 is 1.93 bits per heavy atom. The van der Waals surface area contributed by atoms with Gasteiger partial charge >= 0.3 is 0 Å². The summed E-state index contributed by atoms with van der Waals surface area (Å²) in [5.74, 6) is 1.06. The number of aliphatic hydroxyl groups excluding tert-OH is 1. The normalized spacial score (nSPS) is 19.5. The third-order valence-electron chi connectivity index (χ3n) is 4.75. The van der Waals surface area contributed by atoms with E-state index >= 15 is 0 Å². The van der Waals surface area contributed by atoms with Crippen LogP contribution < -0.4 is 16.4 Å². The predicted octanol–water partition coefficient (Wildman–Crippen LogP) is 3.88. The maximum atomic E-state index is 9.66. The van der Waals surface area contributed by atoms with Gasteiger partial charge in [0.1, 0.15) is 17.4 Å². The Morgan fingerprint density at radius 3 is 2.68 bits per heavy atom. The van der Waals surface area contributed by atoms with Gasteiger partial charge in [0.25, 0.3) is 0 Å². The quantitative estimate of drug-likeness (QED) is 0.429. The molecular formula is C18H19BrClN7O. The zero-order valence-corrected chi connectivity index (χ0v) is 17.2. The molecule has 8 nitrogen and oxygen atoms in total. The van der Waals surface area contributed by atoms with Crippen LogP contribution in [0.2, 0.25) is 5.02 Å². The molecule has 0 spiro atoms. The van der Waals surface area contributed by atoms with E-state index in [1.807, 2.05) is 6.07 Å². The highest BCUT2D eigenvalue weighted by Crippen LogP contribution is 2.33. The number of rotatable bonds is 4. The van der Waals surface area contributed by atoms with Gasteiger partial charge in [-0.15, -0.1) is 0 Å². The van der Waals surface area contributed by atoms with Gasteiger partial charge in [-0.1, -0.05) is 11.6 Å². The topological polar surface area (TPSA) is 122 Å². The Balaban J connectivity index is 1.61. The summed E-state index contributed by atoms with van der Waals surface area (Å²) in [7, 11) is 0. The molecule has 146 valence electrons. The largest absolute Gasteiger partial charge is 0.397 e. The summed E-state index contributed by atoms with van der Waals surface area (Å²) in [5.41, 5.74) is 8.30. The number of nitrogens with one attached hydrogen (secondary N) is 2. The van der Waals surface area contributed by atoms with E-state index in [0.717, 1.165) is 31.4 Å². The number of nitrogens with zero attached hydrogens (tertiary/aromatic N) is 4. The first-order chi connectivity index (χ1) is 13.5. The van der Waals surface area contributed by atoms with Gasteiger partial charge in [0, 0.05) is 16.2 Å². The van der Waals surface area contributed by atoms with Crippen molar-refractivity contribution in [2.45, 2.75) is 37.8 Å². The van der Waals surface area contributed by atoms with Crippen molar-refractivity contribution in [3.63, 3.8) is 0 Å². The van der Waals surface area contributed by atoms with E-state index < -0.39 is 0 Å². The molecule has 0 bridgehead atoms. The number of fused-ring (bicyclic) bond motifs is 1. The smallest absolute Gasteiger partial charge is 0.223 e. The van der Waals surface area contributed by atoms with Gasteiger partial charge in [-0.2, -0.15) is 0 Å². The highest BCUT2D eigenvalue weighted by Gasteiger charge is 2.20. The van der Waals surface area contributed by atoms with Crippen LogP contribution in [0.1, 0.15) is 25.7 Å². The first-order valence-electron chi connectivity index (χ1n) is 8.93. The zero-order chi connectivity index (χ0) is 19.7. The molecule has 0 radical (unpaired) electrons. The number of anilines is 4. The lowest BCUT2D eigenvalue weighted by molar-refractivity contribution is 0.126. The summed E-state index contributed by atoms with van der Waals surface area (Å²) in [5, 5.41) is 16.7. The molecule has 2 aromatic heterocycles. The van der Waals surface area contributed by atoms with Crippen LogP contribution in [-0.4, -0.2) is 37.2 Å². The molecule has 4 rings (SSSR count). The second-order valence-electron chi connectivity index (χ2n) is 6.78. The number of nitrogens with two attached hydrogens (primary N) is 1. The number of benzene rings is 1. The van der Waals surface area contributed by atoms with Gasteiger partial charge in [0.05, 0.1) is 23.0 Å². The minimum atomic E-state index is -0.203. The molecule has 0 atom stereocenters. The molecule has 0 saturated heterocycles. The minimum absolute atomic E-state index is 0.203. The van der Waals surface area contributed by atoms with Gasteiger partial charge < -0.3 is 21.5 Å². The van der Waals surface area contributed by atoms with E-state index in [2.05, 4.69) is 46.5 Å². The average Bonchev–Trinajstić information content (AvgIpc) is 2.68. The zero-order valence-electron chi connectivity index (χ0n) is 14.9. The molecular weight excluding hydrogens is 446 g/mol. The molecule has 28 heavy (non-hydrogen) atoms. The maximum absolute atomic E-state index is 9.66. The van der Waals surface area contributed by atoms with Crippen molar-refractivity contribution in [3.8, 4) is 0 Å². The SMILES string of the molecule is Nc1c(Cl)cc(Nc2ncnc3cnc(N[C@H]4CC[C@H](O)CC4)nc23)cc1Br. The second kappa shape index (κ2) is 8.02. The lowest BCUT2D eigenvalue weighted by Gasteiger charge is -2.26. The van der Waals surface area contributed by atoms with E-state index in [4.69, 9.17) is 17.3 Å². The number of aromatic nitrogens is 4. The number of nitrogen functional groups attached to an aromatic ring is 1. The Bertz CT molecular complexity index is 987. The third-order valence-corrected chi connectivity index (χ3v) is 5.72. The van der Waals surface area contributed by atoms with E-state index in [0.29, 0.717) is 38.0 Å². The minimum Gasteiger partial charge on any atom is -0.397 e. The molecule has 10 heteroatoms. The molecule has 2 heterocycles. The molecule has 1 aliphatic carbocycles. The fraction of sp³-hybridized carbons (Fsp3) is 0.333. The molecule has 0 amide bonds. The van der Waals surface area contributed by atoms with Crippen LogP contribution in [0.5, 0.6) is 0 Å². The Hall–Kier alpha value is -2.23. The summed E-state index contributed by atoms with van der Waals surface area (Å²) >= 11 is 9.56. The molecule has 1 aliphatic rings. The van der Waals surface area contributed by atoms with Gasteiger partial charge in [0.2, 0.25) is 5.95 Å². The van der Waals surface area contributed by atoms with Crippen LogP contribution in [0.4, 0.5) is 23.1 Å². The van der Waals surface area contributed by atoms with Crippen molar-refractivity contribution in [3.05, 3.63) is 34.2 Å². The van der Waals surface area contributed by atoms with Crippen molar-refractivity contribution in [2.24, 2.45) is 0 Å². The summed E-state index contributed by atoms with van der Waals surface area (Å²) in [4.78, 5) is 17.5. The number of aliphatic hydroxyl groups is 1. The van der Waals surface area contributed by atoms with Crippen LogP contribution in [0, 0.1) is 0 Å². The summed E-state index contributed by atoms with van der Waals surface area (Å²) in [6.45, 7) is 0. The van der Waals surface area contributed by atoms with Gasteiger partial charge in [-0.25, -0.2) is 19.9 Å². The molecule has 0 aliphatic heterocycles. The van der Waals surface area contributed by atoms with Crippen molar-refractivity contribution in [2.75, 3.05) is 16.4 Å². The van der Waals surface area contributed by atoms with Crippen molar-refractivity contribution < 1.29 is 5.11 Å². The lowest BCUT2D eigenvalue weighted by atomic mass is 9.93. The van der Waals surface area contributed by atoms with Crippen molar-refractivity contribution in [1.82, 2.24) is 19.9 Å². The molecule has 0 unspecified atom stereocenters. The first kappa shape index (κ1) is 19.1. The second-order valence-corrected chi connectivity index (χ2v) is 8.04. The summed E-state index contributed by atoms with van der Waals surface area (Å²) < 4.78 is 0.692. The monoisotopic (exact) mass is 463 g/mol. The average molecular weight is 465 g/mol. The Labute approximate surface area is 175 Å². The predicted molar refractivity (Wildman–Crippen MR) is 114 cm³/mol. The molecule has 5 N–H and O–H groups in total. The van der Waals surface area contributed by atoms with Crippen molar-refractivity contribution in [1.29, 1.82) is 0 Å². The number of hydrogen-bond acceptors (Lipinski definition) is 8. The van der Waals surface area contributed by atoms with Crippen LogP contribution in [0.15, 0.2) is 29.1 Å². The standard InChI is InChI=1S/C18H19BrClN7O/c19-12-5-10(6-13(20)15(12)21)25-17-16-14(23-8-24-17)7-22-18(27-16)26-9-1-3-11(28)4-2-9/h5-9,11,28H,1-4,21H2,(H,22,26,27)(H,23,24,25)/t9-,11-. The Kier molecular flexibility index (Phi) is 5.47. The van der Waals surface area contributed by atoms with Crippen LogP contribution in [-0.2, 0) is 0 Å². The fourth-order valence-electron chi connectivity index (χ4n) is 3.21. The fourth-order valence-corrected chi connectivity index (χ4v) is 4.00. The number of halogens is 2. The molecule has 3 aromatic rings. The summed E-state index contributed by atoms with van der Waals surface area (Å²) in [6.07, 6.45) is 6.26. The highest BCUT2D eigenvalue weighted by atomic mass is 79.9. The molecule has 1 fully saturated rings. The van der Waals surface area contributed by atoms with Crippen LogP contribution in [0.25, 0.3) is 11.0 Å². The van der Waals surface area contributed by atoms with Crippen LogP contribution >= 0.6 is 27.5 Å². The number of hydrogen-bond donors (Lipinski definition) is 4. The van der Waals surface area contributed by atoms with Gasteiger partial charge in [-0.3, -0.25) is 0 Å². The highest BCUT2D eigenvalue weighted by molar-refractivity contribution is 9.10. The maximum Gasteiger partial charge on any atom is 0.223 e. The molecule has 1 aromatic carbocycles. The van der Waals surface area contributed by atoms with Gasteiger partial charge in [-0.05, 0) is 53.7 Å². The summed E-state index contributed by atoms with van der Waals surface area (Å²) in [6, 6.07) is 3.79. The van der Waals surface area contributed by atoms with Crippen LogP contribution in [0.3, 0.4) is 0 Å². The Morgan fingerprint density at radius 1 is 1.14 bits per heavy atom. The van der Waals surface area contributed by atoms with E-state index in [1.165, 1.54) is 6.33 Å². The van der Waals surface area contributed by atoms with Crippen molar-refractivity contribution >= 4 is 61.7 Å². The van der Waals surface area contributed by atoms with E-state index in [-0.39, 0.29) is 12.1 Å². The van der Waals surface area contributed by atoms with E-state index in [9.17, 15) is 5.11 Å². The van der Waals surface area contributed by atoms with Gasteiger partial charge in [0.15, 0.2) is 5.82 Å². The van der Waals surface area contributed by atoms with E-state index in [1.54, 1.807) is 12.3 Å². The lowest BCUT2D eigenvalue weighted by Crippen LogP contribution is -2.28. The molecule has 1 saturated carbocycles. The first-order valence-corrected chi connectivity index (χ1v) is 10.1.